The normalized spacial score (nSPS) is 10.2. The van der Waals surface area contributed by atoms with E-state index >= 15 is 0 Å². The predicted octanol–water partition coefficient (Wildman–Crippen LogP) is 2.98. The van der Waals surface area contributed by atoms with Gasteiger partial charge < -0.3 is 31.1 Å². The molecule has 0 unspecified atom stereocenters. The van der Waals surface area contributed by atoms with E-state index in [1.165, 1.54) is 48.5 Å². The molecule has 3 aromatic carbocycles. The van der Waals surface area contributed by atoms with E-state index in [4.69, 9.17) is 10.2 Å². The van der Waals surface area contributed by atoms with Gasteiger partial charge >= 0.3 is 23.9 Å². The summed E-state index contributed by atoms with van der Waals surface area (Å²) in [5.41, 5.74) is -2.30. The van der Waals surface area contributed by atoms with Crippen LogP contribution in [0.1, 0.15) is 62.1 Å². The van der Waals surface area contributed by atoms with Crippen molar-refractivity contribution >= 4 is 47.1 Å². The van der Waals surface area contributed by atoms with Crippen LogP contribution in [-0.2, 0) is 0 Å². The number of carbonyl (C=O) groups excluding carboxylic acids is 2. The fourth-order valence-electron chi connectivity index (χ4n) is 3.12. The molecule has 0 spiro atoms. The summed E-state index contributed by atoms with van der Waals surface area (Å²) < 4.78 is 0. The number of hydrogen-bond donors (Lipinski definition) is 6. The summed E-state index contributed by atoms with van der Waals surface area (Å²) in [6.07, 6.45) is 0. The van der Waals surface area contributed by atoms with Gasteiger partial charge in [-0.3, -0.25) is 9.59 Å². The van der Waals surface area contributed by atoms with Crippen LogP contribution < -0.4 is 10.6 Å². The van der Waals surface area contributed by atoms with E-state index in [0.717, 1.165) is 6.07 Å². The molecule has 0 saturated heterocycles. The Morgan fingerprint density at radius 2 is 0.750 bits per heavy atom. The minimum atomic E-state index is -1.62. The largest absolute Gasteiger partial charge is 0.478 e. The van der Waals surface area contributed by atoms with Gasteiger partial charge in [0.25, 0.3) is 11.8 Å². The third-order valence-electron chi connectivity index (χ3n) is 4.89. The van der Waals surface area contributed by atoms with Crippen LogP contribution in [0.2, 0.25) is 0 Å². The predicted molar refractivity (Wildman–Crippen MR) is 123 cm³/mol. The molecule has 3 rings (SSSR count). The van der Waals surface area contributed by atoms with Crippen molar-refractivity contribution in [2.75, 3.05) is 10.6 Å². The van der Waals surface area contributed by atoms with Crippen LogP contribution in [-0.4, -0.2) is 56.1 Å². The van der Waals surface area contributed by atoms with Crippen LogP contribution in [0.4, 0.5) is 11.4 Å². The molecule has 0 aliphatic rings. The number of nitrogens with one attached hydrogen (secondary N) is 2. The zero-order chi connectivity index (χ0) is 26.6. The highest BCUT2D eigenvalue weighted by Crippen LogP contribution is 2.22. The topological polar surface area (TPSA) is 207 Å². The number of rotatable bonds is 8. The number of amides is 2. The maximum atomic E-state index is 12.8. The fraction of sp³-hybridized carbons (Fsp3) is 0. The first kappa shape index (κ1) is 25.1. The molecule has 0 saturated carbocycles. The number of carbonyl (C=O) groups is 6. The highest BCUT2D eigenvalue weighted by atomic mass is 16.4. The highest BCUT2D eigenvalue weighted by Gasteiger charge is 2.26. The molecule has 3 aromatic rings. The SMILES string of the molecule is O=C(O)c1ccc(NC(=O)c2cc(C(=O)Nc3ccc(C(=O)O)cc3)c(C(=O)O)cc2C(=O)O)cc1. The fourth-order valence-corrected chi connectivity index (χ4v) is 3.12. The van der Waals surface area contributed by atoms with Crippen LogP contribution in [0.25, 0.3) is 0 Å². The lowest BCUT2D eigenvalue weighted by Gasteiger charge is -2.13. The standard InChI is InChI=1S/C24H16N2O10/c27-19(25-13-5-1-11(2-6-13)21(29)30)15-9-16(18(24(35)36)10-17(15)23(33)34)20(28)26-14-7-3-12(4-8-14)22(31)32/h1-10H,(H,25,27)(H,26,28)(H,29,30)(H,31,32)(H,33,34)(H,35,36). The van der Waals surface area contributed by atoms with E-state index in [2.05, 4.69) is 10.6 Å². The molecule has 0 aromatic heterocycles. The Balaban J connectivity index is 1.99. The van der Waals surface area contributed by atoms with Crippen molar-refractivity contribution in [1.29, 1.82) is 0 Å². The molecule has 6 N–H and O–H groups in total. The van der Waals surface area contributed by atoms with Gasteiger partial charge in [0.2, 0.25) is 0 Å². The van der Waals surface area contributed by atoms with Crippen LogP contribution in [0, 0.1) is 0 Å². The summed E-state index contributed by atoms with van der Waals surface area (Å²) in [5, 5.41) is 41.7. The third kappa shape index (κ3) is 5.51. The van der Waals surface area contributed by atoms with Gasteiger partial charge in [-0.15, -0.1) is 0 Å². The molecule has 0 fully saturated rings. The number of carboxylic acid groups (broad SMARTS) is 4. The van der Waals surface area contributed by atoms with Crippen LogP contribution in [0.5, 0.6) is 0 Å². The van der Waals surface area contributed by atoms with Crippen molar-refractivity contribution in [2.45, 2.75) is 0 Å². The van der Waals surface area contributed by atoms with Crippen LogP contribution >= 0.6 is 0 Å². The van der Waals surface area contributed by atoms with Gasteiger partial charge in [-0.25, -0.2) is 19.2 Å². The minimum Gasteiger partial charge on any atom is -0.478 e. The van der Waals surface area contributed by atoms with Gasteiger partial charge in [0.15, 0.2) is 0 Å². The highest BCUT2D eigenvalue weighted by molar-refractivity contribution is 6.17. The van der Waals surface area contributed by atoms with Crippen molar-refractivity contribution in [3.63, 3.8) is 0 Å². The Hall–Kier alpha value is -5.52. The average molecular weight is 492 g/mol. The van der Waals surface area contributed by atoms with Gasteiger partial charge in [0.1, 0.15) is 0 Å². The van der Waals surface area contributed by atoms with Gasteiger partial charge in [-0.1, -0.05) is 0 Å². The summed E-state index contributed by atoms with van der Waals surface area (Å²) in [4.78, 5) is 71.1. The maximum Gasteiger partial charge on any atom is 0.336 e. The smallest absolute Gasteiger partial charge is 0.336 e. The Kier molecular flexibility index (Phi) is 7.10. The summed E-state index contributed by atoms with van der Waals surface area (Å²) in [6, 6.07) is 11.4. The maximum absolute atomic E-state index is 12.8. The van der Waals surface area contributed by atoms with Gasteiger partial charge in [0, 0.05) is 11.4 Å². The second-order valence-electron chi connectivity index (χ2n) is 7.23. The van der Waals surface area contributed by atoms with Crippen molar-refractivity contribution in [2.24, 2.45) is 0 Å². The van der Waals surface area contributed by atoms with Crippen molar-refractivity contribution in [3.8, 4) is 0 Å². The van der Waals surface area contributed by atoms with Crippen molar-refractivity contribution in [1.82, 2.24) is 0 Å². The second-order valence-corrected chi connectivity index (χ2v) is 7.23. The Morgan fingerprint density at radius 3 is 1.03 bits per heavy atom. The number of benzene rings is 3. The first-order valence-corrected chi connectivity index (χ1v) is 9.92. The summed E-state index contributed by atoms with van der Waals surface area (Å²) in [5.74, 6) is -7.63. The summed E-state index contributed by atoms with van der Waals surface area (Å²) >= 11 is 0. The number of anilines is 2. The number of hydrogen-bond acceptors (Lipinski definition) is 6. The minimum absolute atomic E-state index is 0.0552. The zero-order valence-corrected chi connectivity index (χ0v) is 18.0. The van der Waals surface area contributed by atoms with E-state index in [1.807, 2.05) is 0 Å². The molecule has 2 amide bonds. The summed E-state index contributed by atoms with van der Waals surface area (Å²) in [6.45, 7) is 0. The monoisotopic (exact) mass is 492 g/mol. The number of aromatic carboxylic acids is 4. The lowest BCUT2D eigenvalue weighted by atomic mass is 9.96. The summed E-state index contributed by atoms with van der Waals surface area (Å²) in [7, 11) is 0. The van der Waals surface area contributed by atoms with E-state index in [0.29, 0.717) is 6.07 Å². The zero-order valence-electron chi connectivity index (χ0n) is 18.0. The Labute approximate surface area is 201 Å². The van der Waals surface area contributed by atoms with Crippen molar-refractivity contribution < 1.29 is 49.2 Å². The molecule has 0 aliphatic heterocycles. The van der Waals surface area contributed by atoms with E-state index in [9.17, 15) is 39.0 Å². The third-order valence-corrected chi connectivity index (χ3v) is 4.89. The Morgan fingerprint density at radius 1 is 0.444 bits per heavy atom. The first-order chi connectivity index (χ1) is 17.0. The van der Waals surface area contributed by atoms with Gasteiger partial charge in [-0.2, -0.15) is 0 Å². The molecule has 12 heteroatoms. The second kappa shape index (κ2) is 10.2. The van der Waals surface area contributed by atoms with E-state index in [-0.39, 0.29) is 22.5 Å². The van der Waals surface area contributed by atoms with Gasteiger partial charge in [-0.05, 0) is 60.7 Å². The van der Waals surface area contributed by atoms with E-state index < -0.39 is 57.9 Å². The molecule has 0 atom stereocenters. The number of carboxylic acids is 4. The molecule has 0 bridgehead atoms. The van der Waals surface area contributed by atoms with Gasteiger partial charge in [0.05, 0.1) is 33.4 Å². The molecule has 0 radical (unpaired) electrons. The molecule has 0 aliphatic carbocycles. The molecule has 36 heavy (non-hydrogen) atoms. The Bertz CT molecular complexity index is 1310. The van der Waals surface area contributed by atoms with Crippen LogP contribution in [0.15, 0.2) is 60.7 Å². The lowest BCUT2D eigenvalue weighted by Crippen LogP contribution is -2.22. The van der Waals surface area contributed by atoms with Crippen molar-refractivity contribution in [3.05, 3.63) is 94.0 Å². The molecule has 0 heterocycles. The lowest BCUT2D eigenvalue weighted by molar-refractivity contribution is 0.0677. The van der Waals surface area contributed by atoms with Crippen LogP contribution in [0.3, 0.4) is 0 Å². The molecular formula is C24H16N2O10. The average Bonchev–Trinajstić information content (AvgIpc) is 2.83. The molecular weight excluding hydrogens is 476 g/mol. The molecule has 182 valence electrons. The quantitative estimate of drug-likeness (QED) is 0.271. The first-order valence-electron chi connectivity index (χ1n) is 9.92. The molecule has 12 nitrogen and oxygen atoms in total. The van der Waals surface area contributed by atoms with E-state index in [1.54, 1.807) is 0 Å².